The van der Waals surface area contributed by atoms with Crippen LogP contribution in [0.25, 0.3) is 21.6 Å². The standard InChI is InChI=1S/C24H28F4N6OS/c1-33-9-8-18(16(25)12-33)30-17-6-3-7-19-15(17)10-20(34(19)13-24(26,27)28)23-32-31-21(36-23)11-29-22(35)14-4-2-5-14/h3,6-7,10,14,16,18,30H,2,4-5,8-9,11-13H2,1H3,(H,29,35)/t16-,18+/m0/s1. The van der Waals surface area contributed by atoms with Gasteiger partial charge in [0.25, 0.3) is 0 Å². The van der Waals surface area contributed by atoms with E-state index in [4.69, 9.17) is 0 Å². The smallest absolute Gasteiger partial charge is 0.379 e. The normalized spacial score (nSPS) is 21.5. The molecule has 1 aliphatic carbocycles. The number of halogens is 4. The molecule has 194 valence electrons. The van der Waals surface area contributed by atoms with Gasteiger partial charge in [0.05, 0.1) is 23.8 Å². The Kier molecular flexibility index (Phi) is 6.90. The zero-order valence-electron chi connectivity index (χ0n) is 19.8. The maximum absolute atomic E-state index is 14.7. The maximum Gasteiger partial charge on any atom is 0.406 e. The summed E-state index contributed by atoms with van der Waals surface area (Å²) in [5.74, 6) is 0.00564. The fourth-order valence-electron chi connectivity index (χ4n) is 4.76. The molecule has 1 aromatic carbocycles. The van der Waals surface area contributed by atoms with Gasteiger partial charge < -0.3 is 20.1 Å². The summed E-state index contributed by atoms with van der Waals surface area (Å²) in [6.07, 6.45) is -2.14. The molecule has 2 atom stereocenters. The highest BCUT2D eigenvalue weighted by atomic mass is 32.1. The van der Waals surface area contributed by atoms with Crippen molar-refractivity contribution < 1.29 is 22.4 Å². The van der Waals surface area contributed by atoms with Gasteiger partial charge in [-0.3, -0.25) is 4.79 Å². The third-order valence-corrected chi connectivity index (χ3v) is 7.89. The van der Waals surface area contributed by atoms with E-state index in [0.29, 0.717) is 39.6 Å². The van der Waals surface area contributed by atoms with Crippen molar-refractivity contribution in [1.82, 2.24) is 25.0 Å². The molecule has 0 unspecified atom stereocenters. The molecule has 7 nitrogen and oxygen atoms in total. The average molecular weight is 525 g/mol. The van der Waals surface area contributed by atoms with Crippen molar-refractivity contribution in [3.8, 4) is 10.7 Å². The summed E-state index contributed by atoms with van der Waals surface area (Å²) in [6, 6.07) is 6.29. The van der Waals surface area contributed by atoms with E-state index < -0.39 is 24.9 Å². The molecule has 1 saturated heterocycles. The van der Waals surface area contributed by atoms with E-state index in [2.05, 4.69) is 20.8 Å². The van der Waals surface area contributed by atoms with Crippen LogP contribution in [0.2, 0.25) is 0 Å². The lowest BCUT2D eigenvalue weighted by Crippen LogP contribution is -2.46. The Labute approximate surface area is 209 Å². The van der Waals surface area contributed by atoms with Gasteiger partial charge in [0.1, 0.15) is 17.7 Å². The molecule has 2 aliphatic rings. The van der Waals surface area contributed by atoms with Crippen LogP contribution < -0.4 is 10.6 Å². The molecule has 0 spiro atoms. The summed E-state index contributed by atoms with van der Waals surface area (Å²) in [7, 11) is 1.86. The average Bonchev–Trinajstić information content (AvgIpc) is 3.37. The fraction of sp³-hybridized carbons (Fsp3) is 0.542. The third kappa shape index (κ3) is 5.34. The van der Waals surface area contributed by atoms with Crippen LogP contribution in [0.4, 0.5) is 23.2 Å². The lowest BCUT2D eigenvalue weighted by molar-refractivity contribution is -0.139. The number of carbonyl (C=O) groups excluding carboxylic acids is 1. The highest BCUT2D eigenvalue weighted by Gasteiger charge is 2.32. The predicted octanol–water partition coefficient (Wildman–Crippen LogP) is 4.59. The number of benzene rings is 1. The molecular weight excluding hydrogens is 496 g/mol. The molecule has 3 aromatic rings. The summed E-state index contributed by atoms with van der Waals surface area (Å²) in [5, 5.41) is 15.7. The van der Waals surface area contributed by atoms with Crippen LogP contribution >= 0.6 is 11.3 Å². The number of rotatable bonds is 7. The molecule has 5 rings (SSSR count). The van der Waals surface area contributed by atoms with Crippen LogP contribution in [-0.4, -0.2) is 64.1 Å². The number of carbonyl (C=O) groups is 1. The van der Waals surface area contributed by atoms with E-state index >= 15 is 0 Å². The number of alkyl halides is 4. The molecule has 1 aliphatic heterocycles. The van der Waals surface area contributed by atoms with Crippen molar-refractivity contribution in [2.24, 2.45) is 5.92 Å². The predicted molar refractivity (Wildman–Crippen MR) is 131 cm³/mol. The molecule has 2 aromatic heterocycles. The Morgan fingerprint density at radius 2 is 2.03 bits per heavy atom. The Morgan fingerprint density at radius 3 is 2.72 bits per heavy atom. The zero-order chi connectivity index (χ0) is 25.4. The molecule has 36 heavy (non-hydrogen) atoms. The van der Waals surface area contributed by atoms with Crippen molar-refractivity contribution in [2.75, 3.05) is 25.5 Å². The van der Waals surface area contributed by atoms with Gasteiger partial charge >= 0.3 is 6.18 Å². The minimum absolute atomic E-state index is 0.0278. The van der Waals surface area contributed by atoms with Crippen molar-refractivity contribution >= 4 is 33.8 Å². The first-order chi connectivity index (χ1) is 17.2. The summed E-state index contributed by atoms with van der Waals surface area (Å²) >= 11 is 1.15. The van der Waals surface area contributed by atoms with Crippen LogP contribution in [0.15, 0.2) is 24.3 Å². The van der Waals surface area contributed by atoms with Crippen molar-refractivity contribution in [3.63, 3.8) is 0 Å². The first kappa shape index (κ1) is 24.9. The molecular formula is C24H28F4N6OS. The van der Waals surface area contributed by atoms with Crippen LogP contribution in [-0.2, 0) is 17.9 Å². The Hall–Kier alpha value is -2.73. The van der Waals surface area contributed by atoms with Crippen LogP contribution in [0.1, 0.15) is 30.7 Å². The minimum Gasteiger partial charge on any atom is -0.379 e. The molecule has 1 saturated carbocycles. The summed E-state index contributed by atoms with van der Waals surface area (Å²) in [5.41, 5.74) is 1.25. The second-order valence-electron chi connectivity index (χ2n) is 9.63. The van der Waals surface area contributed by atoms with Gasteiger partial charge in [0.15, 0.2) is 5.01 Å². The number of piperidine rings is 1. The van der Waals surface area contributed by atoms with Crippen LogP contribution in [0, 0.1) is 5.92 Å². The van der Waals surface area contributed by atoms with Gasteiger partial charge in [-0.1, -0.05) is 23.8 Å². The van der Waals surface area contributed by atoms with Gasteiger partial charge in [-0.05, 0) is 44.5 Å². The summed E-state index contributed by atoms with van der Waals surface area (Å²) in [6.45, 7) is 0.0357. The van der Waals surface area contributed by atoms with Crippen molar-refractivity contribution in [1.29, 1.82) is 0 Å². The number of aromatic nitrogens is 3. The van der Waals surface area contributed by atoms with Crippen LogP contribution in [0.5, 0.6) is 0 Å². The summed E-state index contributed by atoms with van der Waals surface area (Å²) in [4.78, 5) is 14.0. The molecule has 12 heteroatoms. The van der Waals surface area contributed by atoms with E-state index in [9.17, 15) is 22.4 Å². The number of anilines is 1. The molecule has 0 radical (unpaired) electrons. The Bertz CT molecular complexity index is 1240. The molecule has 2 fully saturated rings. The largest absolute Gasteiger partial charge is 0.406 e. The molecule has 0 bridgehead atoms. The highest BCUT2D eigenvalue weighted by molar-refractivity contribution is 7.14. The number of likely N-dealkylation sites (tertiary alicyclic amines) is 1. The van der Waals surface area contributed by atoms with E-state index in [1.165, 1.54) is 4.57 Å². The highest BCUT2D eigenvalue weighted by Crippen LogP contribution is 2.37. The first-order valence-corrected chi connectivity index (χ1v) is 12.9. The monoisotopic (exact) mass is 524 g/mol. The Morgan fingerprint density at radius 1 is 1.22 bits per heavy atom. The van der Waals surface area contributed by atoms with E-state index in [0.717, 1.165) is 37.1 Å². The lowest BCUT2D eigenvalue weighted by Gasteiger charge is -2.33. The minimum atomic E-state index is -4.45. The van der Waals surface area contributed by atoms with Crippen molar-refractivity contribution in [3.05, 3.63) is 29.3 Å². The topological polar surface area (TPSA) is 75.1 Å². The fourth-order valence-corrected chi connectivity index (χ4v) is 5.57. The second-order valence-corrected chi connectivity index (χ2v) is 10.7. The number of fused-ring (bicyclic) bond motifs is 1. The van der Waals surface area contributed by atoms with Gasteiger partial charge in [0.2, 0.25) is 5.91 Å². The molecule has 1 amide bonds. The number of hydrogen-bond donors (Lipinski definition) is 2. The van der Waals surface area contributed by atoms with Gasteiger partial charge in [-0.15, -0.1) is 10.2 Å². The van der Waals surface area contributed by atoms with Gasteiger partial charge in [0, 0.05) is 30.1 Å². The van der Waals surface area contributed by atoms with Crippen LogP contribution in [0.3, 0.4) is 0 Å². The first-order valence-electron chi connectivity index (χ1n) is 12.1. The number of amides is 1. The molecule has 3 heterocycles. The van der Waals surface area contributed by atoms with Gasteiger partial charge in [-0.2, -0.15) is 13.2 Å². The zero-order valence-corrected chi connectivity index (χ0v) is 20.6. The lowest BCUT2D eigenvalue weighted by atomic mass is 9.85. The summed E-state index contributed by atoms with van der Waals surface area (Å²) < 4.78 is 56.5. The number of nitrogens with zero attached hydrogens (tertiary/aromatic N) is 4. The van der Waals surface area contributed by atoms with E-state index in [1.807, 2.05) is 11.9 Å². The maximum atomic E-state index is 14.7. The van der Waals surface area contributed by atoms with E-state index in [1.54, 1.807) is 24.3 Å². The molecule has 2 N–H and O–H groups in total. The second kappa shape index (κ2) is 9.97. The number of nitrogens with one attached hydrogen (secondary N) is 2. The van der Waals surface area contributed by atoms with E-state index in [-0.39, 0.29) is 24.1 Å². The number of hydrogen-bond acceptors (Lipinski definition) is 6. The SMILES string of the molecule is CN1CC[C@@H](Nc2cccc3c2cc(-c2nnc(CNC(=O)C4CCC4)s2)n3CC(F)(F)F)[C@@H](F)C1. The van der Waals surface area contributed by atoms with Gasteiger partial charge in [-0.25, -0.2) is 4.39 Å². The Balaban J connectivity index is 1.44. The quantitative estimate of drug-likeness (QED) is 0.442. The third-order valence-electron chi connectivity index (χ3n) is 6.94. The van der Waals surface area contributed by atoms with Crippen molar-refractivity contribution in [2.45, 2.75) is 57.2 Å².